The Morgan fingerprint density at radius 1 is 0.791 bits per heavy atom. The summed E-state index contributed by atoms with van der Waals surface area (Å²) in [6.45, 7) is 1.23. The molecule has 0 aliphatic rings. The van der Waals surface area contributed by atoms with Gasteiger partial charge in [-0.3, -0.25) is 19.4 Å². The molecule has 1 aromatic carbocycles. The lowest BCUT2D eigenvalue weighted by atomic mass is 10.1. The van der Waals surface area contributed by atoms with Crippen LogP contribution in [0.2, 0.25) is 0 Å². The quantitative estimate of drug-likeness (QED) is 0.248. The zero-order valence-electron chi connectivity index (χ0n) is 25.4. The summed E-state index contributed by atoms with van der Waals surface area (Å²) in [4.78, 5) is 46.8. The molecular weight excluding hydrogens is 544 g/mol. The largest absolute Gasteiger partial charge is 0.378 e. The number of nitrogens with one attached hydrogen (secondary N) is 3. The average Bonchev–Trinajstić information content (AvgIpc) is 3.53. The molecule has 3 heterocycles. The first-order valence-electron chi connectivity index (χ1n) is 13.8. The molecule has 3 amide bonds. The van der Waals surface area contributed by atoms with E-state index in [0.717, 1.165) is 23.5 Å². The lowest BCUT2D eigenvalue weighted by Gasteiger charge is -2.11. The molecule has 11 nitrogen and oxygen atoms in total. The molecule has 0 fully saturated rings. The predicted octanol–water partition coefficient (Wildman–Crippen LogP) is 3.79. The smallest absolute Gasteiger partial charge is 0.272 e. The minimum absolute atomic E-state index is 0.220. The van der Waals surface area contributed by atoms with Gasteiger partial charge in [0.1, 0.15) is 11.4 Å². The van der Waals surface area contributed by atoms with Gasteiger partial charge in [-0.05, 0) is 62.1 Å². The van der Waals surface area contributed by atoms with Gasteiger partial charge in [-0.1, -0.05) is 18.2 Å². The lowest BCUT2D eigenvalue weighted by Crippen LogP contribution is -2.32. The van der Waals surface area contributed by atoms with Crippen molar-refractivity contribution in [2.45, 2.75) is 0 Å². The molecule has 0 saturated carbocycles. The van der Waals surface area contributed by atoms with Crippen molar-refractivity contribution in [1.82, 2.24) is 24.3 Å². The van der Waals surface area contributed by atoms with E-state index in [9.17, 15) is 14.4 Å². The molecule has 4 rings (SSSR count). The van der Waals surface area contributed by atoms with Gasteiger partial charge in [0, 0.05) is 65.6 Å². The standard InChI is InChI=1S/C32H38N8O3/c1-37(2)16-15-33-31(42)28-17-26(21-39(28)5)36-32(43)29-18-25(20-40(29)6)35-30(41)23-10-12-24(34-19-23)11-7-22-8-13-27(14-9-22)38(3)4/h7-14,17-21H,15-16H2,1-6H3,(H,33,42)(H,35,41)(H,36,43)/b11-7+. The second-order valence-corrected chi connectivity index (χ2v) is 10.7. The topological polar surface area (TPSA) is 117 Å². The highest BCUT2D eigenvalue weighted by molar-refractivity contribution is 6.07. The number of pyridine rings is 1. The summed E-state index contributed by atoms with van der Waals surface area (Å²) >= 11 is 0. The molecule has 0 unspecified atom stereocenters. The van der Waals surface area contributed by atoms with Crippen LogP contribution < -0.4 is 20.9 Å². The van der Waals surface area contributed by atoms with Gasteiger partial charge in [0.05, 0.1) is 22.6 Å². The molecule has 224 valence electrons. The highest BCUT2D eigenvalue weighted by Crippen LogP contribution is 2.19. The average molecular weight is 583 g/mol. The van der Waals surface area contributed by atoms with Crippen molar-refractivity contribution < 1.29 is 14.4 Å². The Kier molecular flexibility index (Phi) is 9.79. The highest BCUT2D eigenvalue weighted by Gasteiger charge is 2.17. The van der Waals surface area contributed by atoms with Crippen molar-refractivity contribution >= 4 is 46.9 Å². The Balaban J connectivity index is 1.34. The molecule has 43 heavy (non-hydrogen) atoms. The zero-order chi connectivity index (χ0) is 31.1. The van der Waals surface area contributed by atoms with Gasteiger partial charge < -0.3 is 34.9 Å². The van der Waals surface area contributed by atoms with Crippen LogP contribution in [0.15, 0.2) is 67.1 Å². The predicted molar refractivity (Wildman–Crippen MR) is 172 cm³/mol. The first-order chi connectivity index (χ1) is 20.5. The molecule has 3 aromatic heterocycles. The number of hydrogen-bond donors (Lipinski definition) is 3. The normalized spacial score (nSPS) is 11.1. The summed E-state index contributed by atoms with van der Waals surface area (Å²) in [5.74, 6) is -0.933. The summed E-state index contributed by atoms with van der Waals surface area (Å²) in [6.07, 6.45) is 8.71. The number of rotatable bonds is 11. The second-order valence-electron chi connectivity index (χ2n) is 10.7. The third-order valence-corrected chi connectivity index (χ3v) is 6.74. The molecule has 11 heteroatoms. The monoisotopic (exact) mass is 582 g/mol. The minimum Gasteiger partial charge on any atom is -0.378 e. The number of anilines is 3. The molecule has 3 N–H and O–H groups in total. The highest BCUT2D eigenvalue weighted by atomic mass is 16.2. The van der Waals surface area contributed by atoms with Crippen LogP contribution in [-0.2, 0) is 14.1 Å². The summed E-state index contributed by atoms with van der Waals surface area (Å²) in [5, 5.41) is 8.52. The maximum Gasteiger partial charge on any atom is 0.272 e. The van der Waals surface area contributed by atoms with Crippen molar-refractivity contribution in [3.8, 4) is 0 Å². The molecule has 0 saturated heterocycles. The van der Waals surface area contributed by atoms with Crippen LogP contribution in [0.3, 0.4) is 0 Å². The summed E-state index contributed by atoms with van der Waals surface area (Å²) in [5.41, 5.74) is 5.02. The van der Waals surface area contributed by atoms with Crippen LogP contribution in [0.4, 0.5) is 17.1 Å². The number of aryl methyl sites for hydroxylation is 2. The van der Waals surface area contributed by atoms with E-state index in [1.807, 2.05) is 74.4 Å². The Hall–Kier alpha value is -5.16. The summed E-state index contributed by atoms with van der Waals surface area (Å²) in [6, 6.07) is 14.9. The molecule has 0 aliphatic carbocycles. The number of benzene rings is 1. The molecule has 0 bridgehead atoms. The van der Waals surface area contributed by atoms with Crippen molar-refractivity contribution in [1.29, 1.82) is 0 Å². The van der Waals surface area contributed by atoms with Crippen molar-refractivity contribution in [3.63, 3.8) is 0 Å². The SMILES string of the molecule is CN(C)CCNC(=O)c1cc(NC(=O)c2cc(NC(=O)c3ccc(/C=C/c4ccc(N(C)C)cc4)nc3)cn2C)cn1C. The van der Waals surface area contributed by atoms with Crippen LogP contribution >= 0.6 is 0 Å². The molecule has 0 atom stereocenters. The van der Waals surface area contributed by atoms with E-state index in [1.165, 1.54) is 6.20 Å². The second kappa shape index (κ2) is 13.7. The third kappa shape index (κ3) is 8.20. The fourth-order valence-electron chi connectivity index (χ4n) is 4.30. The van der Waals surface area contributed by atoms with Gasteiger partial charge in [0.25, 0.3) is 17.7 Å². The fraction of sp³-hybridized carbons (Fsp3) is 0.250. The van der Waals surface area contributed by atoms with E-state index in [0.29, 0.717) is 34.9 Å². The van der Waals surface area contributed by atoms with Crippen LogP contribution in [0.25, 0.3) is 12.2 Å². The molecule has 0 radical (unpaired) electrons. The minimum atomic E-state index is -0.373. The number of amides is 3. The Morgan fingerprint density at radius 3 is 1.95 bits per heavy atom. The van der Waals surface area contributed by atoms with E-state index in [4.69, 9.17) is 0 Å². The zero-order valence-corrected chi connectivity index (χ0v) is 25.4. The molecule has 4 aromatic rings. The summed E-state index contributed by atoms with van der Waals surface area (Å²) < 4.78 is 3.29. The van der Waals surface area contributed by atoms with Gasteiger partial charge in [-0.2, -0.15) is 0 Å². The molecule has 0 spiro atoms. The van der Waals surface area contributed by atoms with E-state index < -0.39 is 0 Å². The van der Waals surface area contributed by atoms with Crippen molar-refractivity contribution in [3.05, 3.63) is 95.3 Å². The first-order valence-corrected chi connectivity index (χ1v) is 13.8. The van der Waals surface area contributed by atoms with Crippen molar-refractivity contribution in [2.24, 2.45) is 14.1 Å². The number of aromatic nitrogens is 3. The number of likely N-dealkylation sites (N-methyl/N-ethyl adjacent to an activating group) is 1. The van der Waals surface area contributed by atoms with E-state index in [-0.39, 0.29) is 17.7 Å². The molecule has 0 aliphatic heterocycles. The Morgan fingerprint density at radius 2 is 1.40 bits per heavy atom. The molecular formula is C32H38N8O3. The fourth-order valence-corrected chi connectivity index (χ4v) is 4.30. The maximum atomic E-state index is 13.0. The number of hydrogen-bond acceptors (Lipinski definition) is 6. The van der Waals surface area contributed by atoms with Gasteiger partial charge in [0.15, 0.2) is 0 Å². The van der Waals surface area contributed by atoms with Crippen LogP contribution in [0.1, 0.15) is 42.6 Å². The summed E-state index contributed by atoms with van der Waals surface area (Å²) in [7, 11) is 11.3. The van der Waals surface area contributed by atoms with Gasteiger partial charge in [-0.25, -0.2) is 0 Å². The Bertz CT molecular complexity index is 1610. The van der Waals surface area contributed by atoms with Crippen LogP contribution in [0, 0.1) is 0 Å². The third-order valence-electron chi connectivity index (χ3n) is 6.74. The van der Waals surface area contributed by atoms with E-state index in [2.05, 4.69) is 20.9 Å². The van der Waals surface area contributed by atoms with E-state index in [1.54, 1.807) is 59.9 Å². The lowest BCUT2D eigenvalue weighted by molar-refractivity contribution is 0.0941. The Labute approximate surface area is 251 Å². The van der Waals surface area contributed by atoms with Crippen molar-refractivity contribution in [2.75, 3.05) is 56.8 Å². The van der Waals surface area contributed by atoms with Crippen LogP contribution in [-0.4, -0.2) is 78.0 Å². The number of carbonyl (C=O) groups excluding carboxylic acids is 3. The van der Waals surface area contributed by atoms with Gasteiger partial charge >= 0.3 is 0 Å². The van der Waals surface area contributed by atoms with E-state index >= 15 is 0 Å². The van der Waals surface area contributed by atoms with Gasteiger partial charge in [0.2, 0.25) is 0 Å². The number of nitrogens with zero attached hydrogens (tertiary/aromatic N) is 5. The van der Waals surface area contributed by atoms with Gasteiger partial charge in [-0.15, -0.1) is 0 Å². The maximum absolute atomic E-state index is 13.0. The van der Waals surface area contributed by atoms with Crippen LogP contribution in [0.5, 0.6) is 0 Å². The first kappa shape index (κ1) is 30.8. The number of carbonyl (C=O) groups is 3.